The summed E-state index contributed by atoms with van der Waals surface area (Å²) in [5.41, 5.74) is 0. The number of hydrogen-bond acceptors (Lipinski definition) is 2. The summed E-state index contributed by atoms with van der Waals surface area (Å²) in [5.74, 6) is 0.246. The maximum absolute atomic E-state index is 11.4. The third-order valence-electron chi connectivity index (χ3n) is 2.53. The molecule has 0 aromatic rings. The predicted molar refractivity (Wildman–Crippen MR) is 48.9 cm³/mol. The van der Waals surface area contributed by atoms with Crippen LogP contribution in [0.5, 0.6) is 0 Å². The highest BCUT2D eigenvalue weighted by Crippen LogP contribution is 2.09. The molecule has 0 spiro atoms. The predicted octanol–water partition coefficient (Wildman–Crippen LogP) is 0.605. The fourth-order valence-corrected chi connectivity index (χ4v) is 1.44. The Morgan fingerprint density at radius 3 is 2.83 bits per heavy atom. The van der Waals surface area contributed by atoms with Crippen molar-refractivity contribution in [3.05, 3.63) is 0 Å². The number of likely N-dealkylation sites (N-methyl/N-ethyl adjacent to an activating group) is 1. The molecule has 1 saturated heterocycles. The third kappa shape index (κ3) is 1.97. The van der Waals surface area contributed by atoms with Gasteiger partial charge in [-0.25, -0.2) is 0 Å². The zero-order valence-corrected chi connectivity index (χ0v) is 8.13. The molecule has 1 N–H and O–H groups in total. The molecular formula is C9H18N2O. The molecule has 0 radical (unpaired) electrons. The Balaban J connectivity index is 2.39. The molecule has 0 saturated carbocycles. The van der Waals surface area contributed by atoms with Gasteiger partial charge >= 0.3 is 0 Å². The van der Waals surface area contributed by atoms with E-state index in [0.717, 1.165) is 19.4 Å². The van der Waals surface area contributed by atoms with Crippen molar-refractivity contribution in [1.29, 1.82) is 0 Å². The second kappa shape index (κ2) is 3.90. The first-order chi connectivity index (χ1) is 5.65. The number of hydrogen-bond donors (Lipinski definition) is 1. The summed E-state index contributed by atoms with van der Waals surface area (Å²) in [6.07, 6.45) is 2.03. The molecule has 1 aliphatic heterocycles. The molecular weight excluding hydrogens is 152 g/mol. The van der Waals surface area contributed by atoms with E-state index in [2.05, 4.69) is 19.2 Å². The normalized spacial score (nSPS) is 26.4. The average Bonchev–Trinajstić information content (AvgIpc) is 2.36. The molecule has 70 valence electrons. The zero-order valence-electron chi connectivity index (χ0n) is 8.13. The Morgan fingerprint density at radius 2 is 2.42 bits per heavy atom. The van der Waals surface area contributed by atoms with E-state index in [0.29, 0.717) is 6.04 Å². The Kier molecular flexibility index (Phi) is 3.09. The number of rotatable bonds is 3. The summed E-state index contributed by atoms with van der Waals surface area (Å²) < 4.78 is 0. The van der Waals surface area contributed by atoms with Gasteiger partial charge in [0.05, 0.1) is 6.04 Å². The van der Waals surface area contributed by atoms with Crippen molar-refractivity contribution in [2.45, 2.75) is 38.8 Å². The van der Waals surface area contributed by atoms with Gasteiger partial charge in [-0.1, -0.05) is 6.92 Å². The van der Waals surface area contributed by atoms with Crippen molar-refractivity contribution < 1.29 is 4.79 Å². The molecule has 0 bridgehead atoms. The first kappa shape index (κ1) is 9.52. The van der Waals surface area contributed by atoms with Crippen LogP contribution in [0.25, 0.3) is 0 Å². The highest BCUT2D eigenvalue weighted by Gasteiger charge is 2.29. The van der Waals surface area contributed by atoms with Gasteiger partial charge in [-0.3, -0.25) is 4.79 Å². The molecule has 0 aliphatic carbocycles. The molecule has 3 nitrogen and oxygen atoms in total. The van der Waals surface area contributed by atoms with Crippen molar-refractivity contribution in [2.75, 3.05) is 13.6 Å². The van der Waals surface area contributed by atoms with Crippen LogP contribution in [-0.4, -0.2) is 36.5 Å². The number of nitrogens with zero attached hydrogens (tertiary/aromatic N) is 1. The van der Waals surface area contributed by atoms with E-state index in [1.807, 2.05) is 7.05 Å². The molecule has 12 heavy (non-hydrogen) atoms. The van der Waals surface area contributed by atoms with Crippen LogP contribution < -0.4 is 5.32 Å². The Labute approximate surface area is 74.1 Å². The van der Waals surface area contributed by atoms with Crippen molar-refractivity contribution in [3.8, 4) is 0 Å². The summed E-state index contributed by atoms with van der Waals surface area (Å²) in [6, 6.07) is 0.524. The Morgan fingerprint density at radius 1 is 1.75 bits per heavy atom. The average molecular weight is 170 g/mol. The molecule has 1 aliphatic rings. The highest BCUT2D eigenvalue weighted by atomic mass is 16.2. The van der Waals surface area contributed by atoms with Gasteiger partial charge in [0.2, 0.25) is 5.91 Å². The van der Waals surface area contributed by atoms with E-state index in [4.69, 9.17) is 0 Å². The quantitative estimate of drug-likeness (QED) is 0.673. The van der Waals surface area contributed by atoms with Crippen LogP contribution in [0.1, 0.15) is 26.7 Å². The standard InChI is InChI=1S/C9H18N2O/c1-4-7(2)10-8-5-6-11(3)9(8)12/h7-8,10H,4-6H2,1-3H3. The van der Waals surface area contributed by atoms with E-state index in [9.17, 15) is 4.79 Å². The molecule has 1 heterocycles. The summed E-state index contributed by atoms with van der Waals surface area (Å²) in [6.45, 7) is 5.14. The summed E-state index contributed by atoms with van der Waals surface area (Å²) >= 11 is 0. The summed E-state index contributed by atoms with van der Waals surface area (Å²) in [5, 5.41) is 3.32. The van der Waals surface area contributed by atoms with Gasteiger partial charge in [0.15, 0.2) is 0 Å². The van der Waals surface area contributed by atoms with Crippen LogP contribution in [0.3, 0.4) is 0 Å². The molecule has 1 rings (SSSR count). The van der Waals surface area contributed by atoms with Crippen LogP contribution in [-0.2, 0) is 4.79 Å². The van der Waals surface area contributed by atoms with Gasteiger partial charge in [0.1, 0.15) is 0 Å². The van der Waals surface area contributed by atoms with Gasteiger partial charge in [0.25, 0.3) is 0 Å². The van der Waals surface area contributed by atoms with Gasteiger partial charge < -0.3 is 10.2 Å². The molecule has 3 heteroatoms. The second-order valence-corrected chi connectivity index (χ2v) is 3.58. The minimum atomic E-state index is 0.0740. The SMILES string of the molecule is CCC(C)NC1CCN(C)C1=O. The van der Waals surface area contributed by atoms with Crippen LogP contribution in [0.2, 0.25) is 0 Å². The maximum Gasteiger partial charge on any atom is 0.239 e. The number of amides is 1. The van der Waals surface area contributed by atoms with Gasteiger partial charge in [-0.05, 0) is 19.8 Å². The fourth-order valence-electron chi connectivity index (χ4n) is 1.44. The molecule has 0 aromatic carbocycles. The topological polar surface area (TPSA) is 32.3 Å². The van der Waals surface area contributed by atoms with Crippen LogP contribution in [0.15, 0.2) is 0 Å². The van der Waals surface area contributed by atoms with Crippen molar-refractivity contribution in [2.24, 2.45) is 0 Å². The lowest BCUT2D eigenvalue weighted by Gasteiger charge is -2.16. The lowest BCUT2D eigenvalue weighted by Crippen LogP contribution is -2.41. The third-order valence-corrected chi connectivity index (χ3v) is 2.53. The molecule has 0 aromatic heterocycles. The Bertz CT molecular complexity index is 170. The Hall–Kier alpha value is -0.570. The first-order valence-electron chi connectivity index (χ1n) is 4.66. The lowest BCUT2D eigenvalue weighted by molar-refractivity contribution is -0.128. The minimum Gasteiger partial charge on any atom is -0.344 e. The summed E-state index contributed by atoms with van der Waals surface area (Å²) in [4.78, 5) is 13.2. The van der Waals surface area contributed by atoms with Gasteiger partial charge in [-0.2, -0.15) is 0 Å². The van der Waals surface area contributed by atoms with Crippen LogP contribution in [0, 0.1) is 0 Å². The van der Waals surface area contributed by atoms with Crippen LogP contribution in [0.4, 0.5) is 0 Å². The molecule has 1 fully saturated rings. The molecule has 2 atom stereocenters. The first-order valence-corrected chi connectivity index (χ1v) is 4.66. The number of carbonyl (C=O) groups excluding carboxylic acids is 1. The minimum absolute atomic E-state index is 0.0740. The van der Waals surface area contributed by atoms with E-state index < -0.39 is 0 Å². The molecule has 1 amide bonds. The number of carbonyl (C=O) groups is 1. The van der Waals surface area contributed by atoms with Gasteiger partial charge in [-0.15, -0.1) is 0 Å². The summed E-state index contributed by atoms with van der Waals surface area (Å²) in [7, 11) is 1.86. The van der Waals surface area contributed by atoms with Gasteiger partial charge in [0, 0.05) is 19.6 Å². The zero-order chi connectivity index (χ0) is 9.14. The highest BCUT2D eigenvalue weighted by molar-refractivity contribution is 5.83. The maximum atomic E-state index is 11.4. The van der Waals surface area contributed by atoms with E-state index in [-0.39, 0.29) is 11.9 Å². The van der Waals surface area contributed by atoms with Crippen molar-refractivity contribution >= 4 is 5.91 Å². The number of likely N-dealkylation sites (tertiary alicyclic amines) is 1. The van der Waals surface area contributed by atoms with Crippen molar-refractivity contribution in [1.82, 2.24) is 10.2 Å². The monoisotopic (exact) mass is 170 g/mol. The smallest absolute Gasteiger partial charge is 0.239 e. The van der Waals surface area contributed by atoms with E-state index in [1.165, 1.54) is 0 Å². The van der Waals surface area contributed by atoms with Crippen LogP contribution >= 0.6 is 0 Å². The van der Waals surface area contributed by atoms with E-state index >= 15 is 0 Å². The number of nitrogens with one attached hydrogen (secondary N) is 1. The lowest BCUT2D eigenvalue weighted by atomic mass is 10.2. The van der Waals surface area contributed by atoms with Crippen molar-refractivity contribution in [3.63, 3.8) is 0 Å². The second-order valence-electron chi connectivity index (χ2n) is 3.58. The molecule has 2 unspecified atom stereocenters. The fraction of sp³-hybridized carbons (Fsp3) is 0.889. The van der Waals surface area contributed by atoms with E-state index in [1.54, 1.807) is 4.90 Å². The largest absolute Gasteiger partial charge is 0.344 e.